The van der Waals surface area contributed by atoms with Gasteiger partial charge in [0.25, 0.3) is 5.91 Å². The molecule has 6 heteroatoms. The minimum absolute atomic E-state index is 0.0507. The molecule has 1 rings (SSSR count). The normalized spacial score (nSPS) is 11.4. The van der Waals surface area contributed by atoms with Gasteiger partial charge in [0.1, 0.15) is 5.54 Å². The minimum Gasteiger partial charge on any atom is -0.459 e. The molecule has 1 aromatic rings. The van der Waals surface area contributed by atoms with Gasteiger partial charge < -0.3 is 25.1 Å². The topological polar surface area (TPSA) is 103 Å². The number of furan rings is 1. The summed E-state index contributed by atoms with van der Waals surface area (Å²) in [6.07, 6.45) is 1.33. The van der Waals surface area contributed by atoms with Crippen molar-refractivity contribution in [1.29, 1.82) is 0 Å². The molecule has 0 unspecified atom stereocenters. The van der Waals surface area contributed by atoms with E-state index in [4.69, 9.17) is 19.7 Å². The van der Waals surface area contributed by atoms with Gasteiger partial charge in [-0.25, -0.2) is 0 Å². The van der Waals surface area contributed by atoms with Crippen LogP contribution in [0.4, 0.5) is 0 Å². The van der Waals surface area contributed by atoms with Gasteiger partial charge in [0, 0.05) is 0 Å². The molecule has 0 aliphatic carbocycles. The number of amides is 1. The summed E-state index contributed by atoms with van der Waals surface area (Å²) in [5, 5.41) is 29.2. The smallest absolute Gasteiger partial charge is 0.287 e. The van der Waals surface area contributed by atoms with E-state index < -0.39 is 31.3 Å². The fourth-order valence-corrected chi connectivity index (χ4v) is 0.979. The second-order valence-electron chi connectivity index (χ2n) is 3.19. The highest BCUT2D eigenvalue weighted by Gasteiger charge is 2.30. The van der Waals surface area contributed by atoms with Gasteiger partial charge in [-0.3, -0.25) is 4.79 Å². The molecule has 84 valence electrons. The Balaban J connectivity index is 2.71. The maximum atomic E-state index is 11.5. The average molecular weight is 215 g/mol. The number of aliphatic hydroxyl groups excluding tert-OH is 3. The van der Waals surface area contributed by atoms with Crippen LogP contribution in [0.5, 0.6) is 0 Å². The van der Waals surface area contributed by atoms with Gasteiger partial charge in [-0.05, 0) is 12.1 Å². The van der Waals surface area contributed by atoms with E-state index in [1.165, 1.54) is 18.4 Å². The standard InChI is InChI=1S/C9H13NO5/c11-4-9(5-12,6-13)10-8(14)7-2-1-3-15-7/h1-3,11-13H,4-6H2,(H,10,14). The van der Waals surface area contributed by atoms with Crippen LogP contribution in [0.1, 0.15) is 10.6 Å². The highest BCUT2D eigenvalue weighted by molar-refractivity contribution is 5.91. The van der Waals surface area contributed by atoms with Gasteiger partial charge in [0.05, 0.1) is 26.1 Å². The lowest BCUT2D eigenvalue weighted by Gasteiger charge is -2.28. The van der Waals surface area contributed by atoms with Crippen molar-refractivity contribution in [2.45, 2.75) is 5.54 Å². The number of carbonyl (C=O) groups excluding carboxylic acids is 1. The summed E-state index contributed by atoms with van der Waals surface area (Å²) in [6, 6.07) is 2.97. The zero-order valence-electron chi connectivity index (χ0n) is 8.01. The predicted octanol–water partition coefficient (Wildman–Crippen LogP) is -1.27. The number of hydrogen-bond donors (Lipinski definition) is 4. The number of carbonyl (C=O) groups is 1. The lowest BCUT2D eigenvalue weighted by Crippen LogP contribution is -2.56. The highest BCUT2D eigenvalue weighted by Crippen LogP contribution is 2.06. The summed E-state index contributed by atoms with van der Waals surface area (Å²) in [7, 11) is 0. The average Bonchev–Trinajstić information content (AvgIpc) is 2.79. The predicted molar refractivity (Wildman–Crippen MR) is 50.2 cm³/mol. The van der Waals surface area contributed by atoms with E-state index in [1.807, 2.05) is 0 Å². The van der Waals surface area contributed by atoms with Gasteiger partial charge in [-0.15, -0.1) is 0 Å². The van der Waals surface area contributed by atoms with E-state index in [0.717, 1.165) is 0 Å². The van der Waals surface area contributed by atoms with Crippen molar-refractivity contribution in [3.63, 3.8) is 0 Å². The molecule has 0 atom stereocenters. The molecule has 0 fully saturated rings. The Morgan fingerprint density at radius 1 is 1.33 bits per heavy atom. The highest BCUT2D eigenvalue weighted by atomic mass is 16.3. The molecule has 0 aliphatic rings. The van der Waals surface area contributed by atoms with Gasteiger partial charge in [0.15, 0.2) is 5.76 Å². The Labute approximate surface area is 86.1 Å². The van der Waals surface area contributed by atoms with Crippen molar-refractivity contribution in [2.24, 2.45) is 0 Å². The van der Waals surface area contributed by atoms with Gasteiger partial charge in [0.2, 0.25) is 0 Å². The van der Waals surface area contributed by atoms with E-state index in [0.29, 0.717) is 0 Å². The number of hydrogen-bond acceptors (Lipinski definition) is 5. The van der Waals surface area contributed by atoms with Crippen molar-refractivity contribution in [3.05, 3.63) is 24.2 Å². The first-order valence-electron chi connectivity index (χ1n) is 4.36. The van der Waals surface area contributed by atoms with E-state index in [1.54, 1.807) is 0 Å². The second kappa shape index (κ2) is 4.92. The van der Waals surface area contributed by atoms with Crippen molar-refractivity contribution < 1.29 is 24.5 Å². The van der Waals surface area contributed by atoms with Crippen LogP contribution in [-0.2, 0) is 0 Å². The second-order valence-corrected chi connectivity index (χ2v) is 3.19. The third kappa shape index (κ3) is 2.56. The lowest BCUT2D eigenvalue weighted by molar-refractivity contribution is 0.0363. The summed E-state index contributed by atoms with van der Waals surface area (Å²) in [5.74, 6) is -0.549. The maximum Gasteiger partial charge on any atom is 0.287 e. The van der Waals surface area contributed by atoms with Crippen LogP contribution < -0.4 is 5.32 Å². The molecule has 1 amide bonds. The van der Waals surface area contributed by atoms with Gasteiger partial charge in [-0.1, -0.05) is 0 Å². The van der Waals surface area contributed by atoms with Crippen molar-refractivity contribution in [1.82, 2.24) is 5.32 Å². The van der Waals surface area contributed by atoms with E-state index in [-0.39, 0.29) is 5.76 Å². The van der Waals surface area contributed by atoms with Crippen molar-refractivity contribution in [2.75, 3.05) is 19.8 Å². The first-order chi connectivity index (χ1) is 7.17. The van der Waals surface area contributed by atoms with Crippen LogP contribution >= 0.6 is 0 Å². The molecule has 6 nitrogen and oxygen atoms in total. The quantitative estimate of drug-likeness (QED) is 0.490. The molecule has 1 aromatic heterocycles. The van der Waals surface area contributed by atoms with Gasteiger partial charge in [-0.2, -0.15) is 0 Å². The summed E-state index contributed by atoms with van der Waals surface area (Å²) >= 11 is 0. The molecule has 0 saturated carbocycles. The van der Waals surface area contributed by atoms with Gasteiger partial charge >= 0.3 is 0 Å². The van der Waals surface area contributed by atoms with E-state index in [9.17, 15) is 4.79 Å². The zero-order chi connectivity index (χ0) is 11.3. The third-order valence-corrected chi connectivity index (χ3v) is 2.03. The minimum atomic E-state index is -1.43. The Hall–Kier alpha value is -1.37. The SMILES string of the molecule is O=C(NC(CO)(CO)CO)c1ccco1. The first-order valence-corrected chi connectivity index (χ1v) is 4.36. The largest absolute Gasteiger partial charge is 0.459 e. The monoisotopic (exact) mass is 215 g/mol. The lowest BCUT2D eigenvalue weighted by atomic mass is 10.0. The molecular weight excluding hydrogens is 202 g/mol. The molecule has 0 bridgehead atoms. The molecule has 0 aromatic carbocycles. The molecule has 1 heterocycles. The van der Waals surface area contributed by atoms with Crippen LogP contribution in [0.25, 0.3) is 0 Å². The molecular formula is C9H13NO5. The Kier molecular flexibility index (Phi) is 3.84. The van der Waals surface area contributed by atoms with Crippen LogP contribution in [0.15, 0.2) is 22.8 Å². The summed E-state index contributed by atoms with van der Waals surface area (Å²) in [4.78, 5) is 11.5. The Bertz CT molecular complexity index is 296. The molecule has 0 spiro atoms. The molecule has 0 saturated heterocycles. The maximum absolute atomic E-state index is 11.5. The molecule has 0 aliphatic heterocycles. The number of rotatable bonds is 5. The Morgan fingerprint density at radius 3 is 2.33 bits per heavy atom. The summed E-state index contributed by atoms with van der Waals surface area (Å²) in [5.41, 5.74) is -1.43. The molecule has 4 N–H and O–H groups in total. The van der Waals surface area contributed by atoms with Crippen LogP contribution in [0.2, 0.25) is 0 Å². The Morgan fingerprint density at radius 2 is 1.93 bits per heavy atom. The fourth-order valence-electron chi connectivity index (χ4n) is 0.979. The third-order valence-electron chi connectivity index (χ3n) is 2.03. The zero-order valence-corrected chi connectivity index (χ0v) is 8.01. The first kappa shape index (κ1) is 11.7. The van der Waals surface area contributed by atoms with Crippen LogP contribution in [0.3, 0.4) is 0 Å². The fraction of sp³-hybridized carbons (Fsp3) is 0.444. The van der Waals surface area contributed by atoms with Crippen molar-refractivity contribution in [3.8, 4) is 0 Å². The van der Waals surface area contributed by atoms with Crippen molar-refractivity contribution >= 4 is 5.91 Å². The van der Waals surface area contributed by atoms with Crippen LogP contribution in [-0.4, -0.2) is 46.6 Å². The number of nitrogens with one attached hydrogen (secondary N) is 1. The molecule has 15 heavy (non-hydrogen) atoms. The number of aliphatic hydroxyl groups is 3. The summed E-state index contributed by atoms with van der Waals surface area (Å²) in [6.45, 7) is -1.69. The van der Waals surface area contributed by atoms with Crippen LogP contribution in [0, 0.1) is 0 Å². The summed E-state index contributed by atoms with van der Waals surface area (Å²) < 4.78 is 4.82. The molecule has 0 radical (unpaired) electrons. The van der Waals surface area contributed by atoms with E-state index >= 15 is 0 Å². The van der Waals surface area contributed by atoms with E-state index in [2.05, 4.69) is 5.32 Å².